The molecular formula is C19H14F3NO3. The van der Waals surface area contributed by atoms with Gasteiger partial charge in [0, 0.05) is 11.8 Å². The Balaban J connectivity index is 2.28. The first-order valence-electron chi connectivity index (χ1n) is 7.81. The fraction of sp³-hybridized carbons (Fsp3) is 0.158. The van der Waals surface area contributed by atoms with Gasteiger partial charge in [-0.25, -0.2) is 4.79 Å². The number of aldehydes is 1. The molecule has 0 unspecified atom stereocenters. The molecule has 7 heteroatoms. The summed E-state index contributed by atoms with van der Waals surface area (Å²) in [5.41, 5.74) is 0.529. The van der Waals surface area contributed by atoms with Crippen molar-refractivity contribution in [1.82, 2.24) is 4.40 Å². The number of pyridine rings is 1. The van der Waals surface area contributed by atoms with Crippen LogP contribution in [0, 0.1) is 0 Å². The van der Waals surface area contributed by atoms with Crippen LogP contribution in [0.2, 0.25) is 0 Å². The number of carbonyl (C=O) groups excluding carboxylic acids is 2. The molecule has 26 heavy (non-hydrogen) atoms. The third-order valence-corrected chi connectivity index (χ3v) is 3.97. The summed E-state index contributed by atoms with van der Waals surface area (Å²) < 4.78 is 45.0. The maximum Gasteiger partial charge on any atom is 0.416 e. The van der Waals surface area contributed by atoms with E-state index in [-0.39, 0.29) is 23.4 Å². The lowest BCUT2D eigenvalue weighted by Crippen LogP contribution is -2.06. The zero-order chi connectivity index (χ0) is 18.9. The van der Waals surface area contributed by atoms with Gasteiger partial charge in [0.2, 0.25) is 0 Å². The average Bonchev–Trinajstić information content (AvgIpc) is 2.95. The van der Waals surface area contributed by atoms with Gasteiger partial charge in [0.15, 0.2) is 6.29 Å². The van der Waals surface area contributed by atoms with Gasteiger partial charge in [0.05, 0.1) is 28.9 Å². The van der Waals surface area contributed by atoms with Crippen molar-refractivity contribution in [3.8, 4) is 11.1 Å². The van der Waals surface area contributed by atoms with E-state index in [9.17, 15) is 22.8 Å². The summed E-state index contributed by atoms with van der Waals surface area (Å²) in [4.78, 5) is 24.2. The van der Waals surface area contributed by atoms with Crippen molar-refractivity contribution in [2.24, 2.45) is 0 Å². The molecule has 0 fully saturated rings. The molecule has 2 heterocycles. The Kier molecular flexibility index (Phi) is 4.54. The normalized spacial score (nSPS) is 11.5. The van der Waals surface area contributed by atoms with Crippen LogP contribution in [0.15, 0.2) is 48.7 Å². The fourth-order valence-electron chi connectivity index (χ4n) is 2.88. The van der Waals surface area contributed by atoms with E-state index in [4.69, 9.17) is 4.74 Å². The zero-order valence-electron chi connectivity index (χ0n) is 13.7. The summed E-state index contributed by atoms with van der Waals surface area (Å²) in [6, 6.07) is 9.35. The summed E-state index contributed by atoms with van der Waals surface area (Å²) in [5.74, 6) is -0.640. The molecule has 2 aromatic heterocycles. The molecule has 3 aromatic rings. The molecule has 0 spiro atoms. The van der Waals surface area contributed by atoms with Gasteiger partial charge in [0.1, 0.15) is 0 Å². The molecule has 1 aromatic carbocycles. The van der Waals surface area contributed by atoms with Gasteiger partial charge >= 0.3 is 12.1 Å². The summed E-state index contributed by atoms with van der Waals surface area (Å²) in [6.45, 7) is 1.78. The minimum Gasteiger partial charge on any atom is -0.462 e. The number of carbonyl (C=O) groups is 2. The number of aromatic nitrogens is 1. The molecule has 0 aliphatic rings. The van der Waals surface area contributed by atoms with Gasteiger partial charge in [-0.2, -0.15) is 13.2 Å². The predicted molar refractivity (Wildman–Crippen MR) is 89.2 cm³/mol. The van der Waals surface area contributed by atoms with Crippen LogP contribution in [0.3, 0.4) is 0 Å². The molecular weight excluding hydrogens is 347 g/mol. The number of ether oxygens (including phenoxy) is 1. The van der Waals surface area contributed by atoms with Crippen LogP contribution >= 0.6 is 0 Å². The topological polar surface area (TPSA) is 47.8 Å². The first-order valence-corrected chi connectivity index (χ1v) is 7.81. The lowest BCUT2D eigenvalue weighted by molar-refractivity contribution is -0.137. The third-order valence-electron chi connectivity index (χ3n) is 3.97. The summed E-state index contributed by atoms with van der Waals surface area (Å²) in [5, 5.41) is 0. The molecule has 0 bridgehead atoms. The Morgan fingerprint density at radius 2 is 1.85 bits per heavy atom. The highest BCUT2D eigenvalue weighted by atomic mass is 19.4. The highest BCUT2D eigenvalue weighted by Gasteiger charge is 2.31. The van der Waals surface area contributed by atoms with Crippen molar-refractivity contribution in [3.05, 3.63) is 65.5 Å². The van der Waals surface area contributed by atoms with Crippen LogP contribution in [0.25, 0.3) is 16.6 Å². The van der Waals surface area contributed by atoms with E-state index in [1.54, 1.807) is 31.3 Å². The van der Waals surface area contributed by atoms with E-state index < -0.39 is 17.7 Å². The fourth-order valence-corrected chi connectivity index (χ4v) is 2.88. The lowest BCUT2D eigenvalue weighted by Gasteiger charge is -2.09. The zero-order valence-corrected chi connectivity index (χ0v) is 13.7. The predicted octanol–water partition coefficient (Wildman–Crippen LogP) is 4.61. The quantitative estimate of drug-likeness (QED) is 0.503. The van der Waals surface area contributed by atoms with E-state index in [1.807, 2.05) is 0 Å². The average molecular weight is 361 g/mol. The molecule has 0 aliphatic heterocycles. The van der Waals surface area contributed by atoms with Gasteiger partial charge in [-0.1, -0.05) is 18.2 Å². The van der Waals surface area contributed by atoms with Crippen molar-refractivity contribution < 1.29 is 27.5 Å². The molecule has 0 N–H and O–H groups in total. The minimum absolute atomic E-state index is 0.131. The number of hydrogen-bond donors (Lipinski definition) is 0. The monoisotopic (exact) mass is 361 g/mol. The largest absolute Gasteiger partial charge is 0.462 e. The van der Waals surface area contributed by atoms with Crippen molar-refractivity contribution in [3.63, 3.8) is 0 Å². The second-order valence-corrected chi connectivity index (χ2v) is 5.50. The van der Waals surface area contributed by atoms with Crippen LogP contribution < -0.4 is 0 Å². The molecule has 3 rings (SSSR count). The molecule has 0 aliphatic carbocycles. The van der Waals surface area contributed by atoms with E-state index in [0.29, 0.717) is 17.4 Å². The Labute approximate surface area is 146 Å². The second kappa shape index (κ2) is 6.67. The highest BCUT2D eigenvalue weighted by Crippen LogP contribution is 2.35. The van der Waals surface area contributed by atoms with Crippen molar-refractivity contribution in [2.45, 2.75) is 13.1 Å². The van der Waals surface area contributed by atoms with Crippen LogP contribution in [0.4, 0.5) is 13.2 Å². The van der Waals surface area contributed by atoms with Crippen LogP contribution in [-0.2, 0) is 10.9 Å². The van der Waals surface area contributed by atoms with E-state index in [0.717, 1.165) is 12.1 Å². The second-order valence-electron chi connectivity index (χ2n) is 5.50. The first kappa shape index (κ1) is 17.7. The van der Waals surface area contributed by atoms with Crippen LogP contribution in [-0.4, -0.2) is 23.3 Å². The summed E-state index contributed by atoms with van der Waals surface area (Å²) >= 11 is 0. The highest BCUT2D eigenvalue weighted by molar-refractivity contribution is 6.09. The smallest absolute Gasteiger partial charge is 0.416 e. The molecule has 0 saturated heterocycles. The molecule has 0 radical (unpaired) electrons. The van der Waals surface area contributed by atoms with Crippen LogP contribution in [0.1, 0.15) is 33.3 Å². The number of nitrogens with zero attached hydrogens (tertiary/aromatic N) is 1. The van der Waals surface area contributed by atoms with E-state index in [1.165, 1.54) is 16.5 Å². The minimum atomic E-state index is -4.47. The van der Waals surface area contributed by atoms with Crippen molar-refractivity contribution >= 4 is 17.8 Å². The maximum absolute atomic E-state index is 12.8. The van der Waals surface area contributed by atoms with Gasteiger partial charge in [0.25, 0.3) is 0 Å². The Hall–Kier alpha value is -3.09. The first-order chi connectivity index (χ1) is 12.4. The molecule has 0 saturated carbocycles. The standard InChI is InChI=1S/C19H14F3NO3/c1-2-26-18(25)17-14-5-3-4-10-23(14)15(11-24)16(17)12-6-8-13(9-7-12)19(20,21)22/h3-11H,2H2,1H3. The third kappa shape index (κ3) is 2.96. The number of rotatable bonds is 4. The summed E-state index contributed by atoms with van der Waals surface area (Å²) in [7, 11) is 0. The number of esters is 1. The van der Waals surface area contributed by atoms with E-state index >= 15 is 0 Å². The number of fused-ring (bicyclic) bond motifs is 1. The lowest BCUT2D eigenvalue weighted by atomic mass is 9.99. The molecule has 4 nitrogen and oxygen atoms in total. The van der Waals surface area contributed by atoms with Gasteiger partial charge in [-0.05, 0) is 36.8 Å². The SMILES string of the molecule is CCOC(=O)c1c(-c2ccc(C(F)(F)F)cc2)c(C=O)n2ccccc12. The maximum atomic E-state index is 12.8. The van der Waals surface area contributed by atoms with Gasteiger partial charge < -0.3 is 9.14 Å². The summed E-state index contributed by atoms with van der Waals surface area (Å²) in [6.07, 6.45) is -2.29. The number of benzene rings is 1. The van der Waals surface area contributed by atoms with Gasteiger partial charge in [-0.15, -0.1) is 0 Å². The Morgan fingerprint density at radius 1 is 1.15 bits per heavy atom. The Bertz CT molecular complexity index is 972. The molecule has 134 valence electrons. The van der Waals surface area contributed by atoms with Gasteiger partial charge in [-0.3, -0.25) is 4.79 Å². The number of alkyl halides is 3. The number of hydrogen-bond acceptors (Lipinski definition) is 3. The molecule has 0 atom stereocenters. The molecule has 0 amide bonds. The van der Waals surface area contributed by atoms with Crippen molar-refractivity contribution in [2.75, 3.05) is 6.61 Å². The van der Waals surface area contributed by atoms with Crippen molar-refractivity contribution in [1.29, 1.82) is 0 Å². The number of halogens is 3. The van der Waals surface area contributed by atoms with E-state index in [2.05, 4.69) is 0 Å². The van der Waals surface area contributed by atoms with Crippen LogP contribution in [0.5, 0.6) is 0 Å². The Morgan fingerprint density at radius 3 is 2.42 bits per heavy atom.